The van der Waals surface area contributed by atoms with Crippen LogP contribution in [0.5, 0.6) is 0 Å². The molecule has 0 radical (unpaired) electrons. The van der Waals surface area contributed by atoms with Crippen LogP contribution in [0.25, 0.3) is 0 Å². The number of rotatable bonds is 5. The molecular formula is C16H20ClN3O2. The van der Waals surface area contributed by atoms with Gasteiger partial charge in [-0.25, -0.2) is 0 Å². The predicted octanol–water partition coefficient (Wildman–Crippen LogP) is 1.55. The summed E-state index contributed by atoms with van der Waals surface area (Å²) in [6.07, 6.45) is 2.50. The van der Waals surface area contributed by atoms with E-state index in [9.17, 15) is 9.59 Å². The van der Waals surface area contributed by atoms with Gasteiger partial charge in [0.15, 0.2) is 0 Å². The fourth-order valence-corrected chi connectivity index (χ4v) is 3.05. The van der Waals surface area contributed by atoms with Gasteiger partial charge in [-0.15, -0.1) is 0 Å². The molecule has 0 spiro atoms. The molecule has 1 aliphatic carbocycles. The van der Waals surface area contributed by atoms with Crippen molar-refractivity contribution >= 4 is 29.1 Å². The van der Waals surface area contributed by atoms with Crippen LogP contribution in [0.4, 0.5) is 5.69 Å². The Balaban J connectivity index is 1.63. The summed E-state index contributed by atoms with van der Waals surface area (Å²) in [6, 6.07) is 7.14. The molecule has 1 heterocycles. The number of hydrogen-bond acceptors (Lipinski definition) is 3. The largest absolute Gasteiger partial charge is 0.352 e. The van der Waals surface area contributed by atoms with E-state index < -0.39 is 0 Å². The number of amides is 2. The van der Waals surface area contributed by atoms with Gasteiger partial charge in [0.05, 0.1) is 5.92 Å². The minimum absolute atomic E-state index is 0.0295. The summed E-state index contributed by atoms with van der Waals surface area (Å²) in [7, 11) is 0. The quantitative estimate of drug-likeness (QED) is 0.864. The lowest BCUT2D eigenvalue weighted by molar-refractivity contribution is -0.127. The molecule has 2 aliphatic rings. The fraction of sp³-hybridized carbons (Fsp3) is 0.500. The second-order valence-corrected chi connectivity index (χ2v) is 6.51. The number of nitrogens with one attached hydrogen (secondary N) is 1. The molecule has 3 N–H and O–H groups in total. The number of hydrogen-bond donors (Lipinski definition) is 2. The Hall–Kier alpha value is -1.59. The number of anilines is 1. The Morgan fingerprint density at radius 2 is 2.05 bits per heavy atom. The lowest BCUT2D eigenvalue weighted by atomic mass is 10.1. The summed E-state index contributed by atoms with van der Waals surface area (Å²) in [5.41, 5.74) is 6.50. The van der Waals surface area contributed by atoms with Crippen LogP contribution >= 0.6 is 11.6 Å². The highest BCUT2D eigenvalue weighted by molar-refractivity contribution is 6.30. The van der Waals surface area contributed by atoms with Crippen LogP contribution in [-0.4, -0.2) is 30.9 Å². The standard InChI is InChI=1S/C16H20ClN3O2/c17-12-3-5-13(6-4-12)20-9-11(7-15(20)21)16(22)19-14(8-18)10-1-2-10/h3-6,10-11,14H,1-2,7-9,18H2,(H,19,22). The second-order valence-electron chi connectivity index (χ2n) is 6.07. The van der Waals surface area contributed by atoms with E-state index in [0.717, 1.165) is 18.5 Å². The van der Waals surface area contributed by atoms with Crippen molar-refractivity contribution < 1.29 is 9.59 Å². The van der Waals surface area contributed by atoms with Crippen molar-refractivity contribution in [2.45, 2.75) is 25.3 Å². The third-order valence-corrected chi connectivity index (χ3v) is 4.66. The number of carbonyl (C=O) groups is 2. The predicted molar refractivity (Wildman–Crippen MR) is 85.6 cm³/mol. The minimum Gasteiger partial charge on any atom is -0.352 e. The van der Waals surface area contributed by atoms with E-state index in [2.05, 4.69) is 5.32 Å². The number of nitrogens with two attached hydrogens (primary N) is 1. The molecule has 2 atom stereocenters. The molecule has 1 aromatic carbocycles. The Kier molecular flexibility index (Phi) is 4.36. The molecule has 6 heteroatoms. The van der Waals surface area contributed by atoms with Crippen molar-refractivity contribution in [2.75, 3.05) is 18.0 Å². The van der Waals surface area contributed by atoms with Crippen LogP contribution in [-0.2, 0) is 9.59 Å². The topological polar surface area (TPSA) is 75.4 Å². The first-order valence-electron chi connectivity index (χ1n) is 7.65. The number of halogens is 1. The number of nitrogens with zero attached hydrogens (tertiary/aromatic N) is 1. The number of carbonyl (C=O) groups excluding carboxylic acids is 2. The van der Waals surface area contributed by atoms with E-state index in [1.807, 2.05) is 0 Å². The highest BCUT2D eigenvalue weighted by Gasteiger charge is 2.38. The Morgan fingerprint density at radius 3 is 2.64 bits per heavy atom. The normalized spacial score (nSPS) is 22.7. The zero-order valence-corrected chi connectivity index (χ0v) is 13.1. The van der Waals surface area contributed by atoms with E-state index >= 15 is 0 Å². The third-order valence-electron chi connectivity index (χ3n) is 4.41. The highest BCUT2D eigenvalue weighted by Crippen LogP contribution is 2.33. The maximum atomic E-state index is 12.4. The van der Waals surface area contributed by atoms with E-state index in [1.54, 1.807) is 29.2 Å². The zero-order chi connectivity index (χ0) is 15.7. The molecule has 2 unspecified atom stereocenters. The van der Waals surface area contributed by atoms with Crippen LogP contribution < -0.4 is 16.0 Å². The maximum absolute atomic E-state index is 12.4. The van der Waals surface area contributed by atoms with Gasteiger partial charge in [0.25, 0.3) is 0 Å². The maximum Gasteiger partial charge on any atom is 0.227 e. The van der Waals surface area contributed by atoms with E-state index in [1.165, 1.54) is 0 Å². The van der Waals surface area contributed by atoms with Gasteiger partial charge < -0.3 is 16.0 Å². The van der Waals surface area contributed by atoms with E-state index in [-0.39, 0.29) is 30.2 Å². The molecule has 0 aromatic heterocycles. The van der Waals surface area contributed by atoms with Gasteiger partial charge in [-0.3, -0.25) is 9.59 Å². The van der Waals surface area contributed by atoms with Crippen LogP contribution in [0, 0.1) is 11.8 Å². The van der Waals surface area contributed by atoms with E-state index in [0.29, 0.717) is 24.0 Å². The van der Waals surface area contributed by atoms with Crippen LogP contribution in [0.3, 0.4) is 0 Å². The van der Waals surface area contributed by atoms with Crippen molar-refractivity contribution in [3.8, 4) is 0 Å². The van der Waals surface area contributed by atoms with Crippen molar-refractivity contribution in [2.24, 2.45) is 17.6 Å². The van der Waals surface area contributed by atoms with Crippen molar-refractivity contribution in [1.82, 2.24) is 5.32 Å². The molecule has 1 aromatic rings. The lowest BCUT2D eigenvalue weighted by Crippen LogP contribution is -2.45. The summed E-state index contributed by atoms with van der Waals surface area (Å²) >= 11 is 5.86. The third kappa shape index (κ3) is 3.25. The Morgan fingerprint density at radius 1 is 1.36 bits per heavy atom. The average Bonchev–Trinajstić information content (AvgIpc) is 3.28. The Bertz CT molecular complexity index is 571. The summed E-state index contributed by atoms with van der Waals surface area (Å²) < 4.78 is 0. The van der Waals surface area contributed by atoms with Gasteiger partial charge in [0.1, 0.15) is 0 Å². The van der Waals surface area contributed by atoms with Gasteiger partial charge in [-0.1, -0.05) is 11.6 Å². The second kappa shape index (κ2) is 6.26. The molecule has 1 saturated heterocycles. The molecule has 2 amide bonds. The summed E-state index contributed by atoms with van der Waals surface area (Å²) in [5.74, 6) is 0.111. The first kappa shape index (κ1) is 15.3. The molecule has 1 aliphatic heterocycles. The highest BCUT2D eigenvalue weighted by atomic mass is 35.5. The summed E-state index contributed by atoms with van der Waals surface area (Å²) in [6.45, 7) is 0.867. The van der Waals surface area contributed by atoms with E-state index in [4.69, 9.17) is 17.3 Å². The minimum atomic E-state index is -0.309. The van der Waals surface area contributed by atoms with Gasteiger partial charge in [-0.05, 0) is 43.0 Å². The molecule has 22 heavy (non-hydrogen) atoms. The van der Waals surface area contributed by atoms with Gasteiger partial charge in [0.2, 0.25) is 11.8 Å². The van der Waals surface area contributed by atoms with Crippen molar-refractivity contribution in [1.29, 1.82) is 0 Å². The van der Waals surface area contributed by atoms with Crippen molar-refractivity contribution in [3.05, 3.63) is 29.3 Å². The SMILES string of the molecule is NCC(NC(=O)C1CC(=O)N(c2ccc(Cl)cc2)C1)C1CC1. The summed E-state index contributed by atoms with van der Waals surface area (Å²) in [4.78, 5) is 26.2. The van der Waals surface area contributed by atoms with Crippen molar-refractivity contribution in [3.63, 3.8) is 0 Å². The smallest absolute Gasteiger partial charge is 0.227 e. The van der Waals surface area contributed by atoms with Gasteiger partial charge in [-0.2, -0.15) is 0 Å². The molecule has 3 rings (SSSR count). The monoisotopic (exact) mass is 321 g/mol. The lowest BCUT2D eigenvalue weighted by Gasteiger charge is -2.19. The molecule has 0 bridgehead atoms. The summed E-state index contributed by atoms with van der Waals surface area (Å²) in [5, 5.41) is 3.63. The molecule has 2 fully saturated rings. The first-order valence-corrected chi connectivity index (χ1v) is 8.02. The fourth-order valence-electron chi connectivity index (χ4n) is 2.92. The Labute approximate surface area is 134 Å². The zero-order valence-electron chi connectivity index (χ0n) is 12.3. The van der Waals surface area contributed by atoms with Crippen LogP contribution in [0.1, 0.15) is 19.3 Å². The average molecular weight is 322 g/mol. The molecule has 5 nitrogen and oxygen atoms in total. The van der Waals surface area contributed by atoms with Gasteiger partial charge >= 0.3 is 0 Å². The van der Waals surface area contributed by atoms with Crippen LogP contribution in [0.15, 0.2) is 24.3 Å². The first-order chi connectivity index (χ1) is 10.6. The molecule has 1 saturated carbocycles. The van der Waals surface area contributed by atoms with Crippen LogP contribution in [0.2, 0.25) is 5.02 Å². The molecular weight excluding hydrogens is 302 g/mol. The number of benzene rings is 1. The van der Waals surface area contributed by atoms with Gasteiger partial charge in [0, 0.05) is 36.3 Å². The molecule has 118 valence electrons.